The molecule has 0 radical (unpaired) electrons. The predicted octanol–water partition coefficient (Wildman–Crippen LogP) is 4.76. The van der Waals surface area contributed by atoms with Crippen LogP contribution in [-0.4, -0.2) is 13.0 Å². The molecule has 2 aromatic carbocycles. The van der Waals surface area contributed by atoms with Crippen molar-refractivity contribution in [3.63, 3.8) is 0 Å². The van der Waals surface area contributed by atoms with E-state index in [1.807, 2.05) is 30.3 Å². The van der Waals surface area contributed by atoms with E-state index in [1.54, 1.807) is 26.2 Å². The lowest BCUT2D eigenvalue weighted by atomic mass is 10.1. The van der Waals surface area contributed by atoms with Crippen molar-refractivity contribution in [1.29, 1.82) is 0 Å². The zero-order valence-electron chi connectivity index (χ0n) is 12.1. The lowest BCUT2D eigenvalue weighted by molar-refractivity contribution is 0.102. The summed E-state index contributed by atoms with van der Waals surface area (Å²) in [6, 6.07) is 12.9. The molecule has 0 saturated heterocycles. The molecule has 1 heterocycles. The number of hydrogen-bond donors (Lipinski definition) is 1. The topological polar surface area (TPSA) is 51.5 Å². The molecule has 0 saturated carbocycles. The first-order chi connectivity index (χ1) is 10.6. The van der Waals surface area contributed by atoms with Crippen molar-refractivity contribution in [2.24, 2.45) is 0 Å². The second-order valence-corrected chi connectivity index (χ2v) is 5.78. The second-order valence-electron chi connectivity index (χ2n) is 4.86. The van der Waals surface area contributed by atoms with Crippen LogP contribution in [0.5, 0.6) is 5.75 Å². The summed E-state index contributed by atoms with van der Waals surface area (Å²) < 4.78 is 11.8. The third kappa shape index (κ3) is 2.72. The minimum absolute atomic E-state index is 0.206. The van der Waals surface area contributed by atoms with Gasteiger partial charge in [0.2, 0.25) is 0 Å². The monoisotopic (exact) mass is 359 g/mol. The summed E-state index contributed by atoms with van der Waals surface area (Å²) in [5.74, 6) is 1.06. The summed E-state index contributed by atoms with van der Waals surface area (Å²) in [5, 5.41) is 3.63. The molecule has 1 aromatic heterocycles. The van der Waals surface area contributed by atoms with Crippen LogP contribution >= 0.6 is 15.9 Å². The number of aryl methyl sites for hydroxylation is 1. The quantitative estimate of drug-likeness (QED) is 0.732. The van der Waals surface area contributed by atoms with Crippen LogP contribution in [0.15, 0.2) is 51.4 Å². The summed E-state index contributed by atoms with van der Waals surface area (Å²) >= 11 is 3.39. The number of benzene rings is 2. The van der Waals surface area contributed by atoms with Crippen LogP contribution < -0.4 is 10.1 Å². The maximum Gasteiger partial charge on any atom is 0.259 e. The highest BCUT2D eigenvalue weighted by atomic mass is 79.9. The van der Waals surface area contributed by atoms with E-state index in [0.717, 1.165) is 15.5 Å². The van der Waals surface area contributed by atoms with Gasteiger partial charge in [0, 0.05) is 15.5 Å². The third-order valence-electron chi connectivity index (χ3n) is 3.38. The fourth-order valence-electron chi connectivity index (χ4n) is 2.37. The van der Waals surface area contributed by atoms with Crippen LogP contribution in [0, 0.1) is 6.92 Å². The van der Waals surface area contributed by atoms with Gasteiger partial charge in [0.1, 0.15) is 17.1 Å². The largest absolute Gasteiger partial charge is 0.497 e. The van der Waals surface area contributed by atoms with E-state index in [4.69, 9.17) is 9.15 Å². The summed E-state index contributed by atoms with van der Waals surface area (Å²) in [6.07, 6.45) is 0. The Bertz CT molecular complexity index is 854. The van der Waals surface area contributed by atoms with Crippen molar-refractivity contribution in [1.82, 2.24) is 0 Å². The van der Waals surface area contributed by atoms with Crippen LogP contribution in [0.25, 0.3) is 11.0 Å². The summed E-state index contributed by atoms with van der Waals surface area (Å²) in [5.41, 5.74) is 1.91. The van der Waals surface area contributed by atoms with E-state index >= 15 is 0 Å². The maximum atomic E-state index is 12.6. The summed E-state index contributed by atoms with van der Waals surface area (Å²) in [4.78, 5) is 12.6. The normalized spacial score (nSPS) is 10.7. The molecular formula is C17H14BrNO3. The summed E-state index contributed by atoms with van der Waals surface area (Å²) in [7, 11) is 1.59. The molecule has 4 nitrogen and oxygen atoms in total. The lowest BCUT2D eigenvalue weighted by Crippen LogP contribution is -2.12. The average molecular weight is 360 g/mol. The number of nitrogens with one attached hydrogen (secondary N) is 1. The van der Waals surface area contributed by atoms with Gasteiger partial charge in [-0.15, -0.1) is 0 Å². The van der Waals surface area contributed by atoms with Gasteiger partial charge in [-0.25, -0.2) is 0 Å². The number of hydrogen-bond acceptors (Lipinski definition) is 3. The number of fused-ring (bicyclic) bond motifs is 1. The number of methoxy groups -OCH3 is 1. The second kappa shape index (κ2) is 5.85. The standard InChI is InChI=1S/C17H14BrNO3/c1-10-16(14-9-13(21-2)6-7-15(14)22-10)17(20)19-12-5-3-4-11(18)8-12/h3-9H,1-2H3,(H,19,20). The zero-order valence-corrected chi connectivity index (χ0v) is 13.7. The van der Waals surface area contributed by atoms with E-state index in [-0.39, 0.29) is 5.91 Å². The van der Waals surface area contributed by atoms with Gasteiger partial charge in [-0.2, -0.15) is 0 Å². The van der Waals surface area contributed by atoms with Gasteiger partial charge in [-0.3, -0.25) is 4.79 Å². The van der Waals surface area contributed by atoms with Gasteiger partial charge in [0.15, 0.2) is 0 Å². The van der Waals surface area contributed by atoms with Crippen molar-refractivity contribution in [2.45, 2.75) is 6.92 Å². The van der Waals surface area contributed by atoms with Crippen molar-refractivity contribution in [2.75, 3.05) is 12.4 Å². The first kappa shape index (κ1) is 14.7. The van der Waals surface area contributed by atoms with Gasteiger partial charge >= 0.3 is 0 Å². The molecule has 0 spiro atoms. The molecule has 0 aliphatic rings. The van der Waals surface area contributed by atoms with Gasteiger partial charge in [-0.05, 0) is 43.3 Å². The SMILES string of the molecule is COc1ccc2oc(C)c(C(=O)Nc3cccc(Br)c3)c2c1. The Balaban J connectivity index is 2.01. The molecule has 112 valence electrons. The summed E-state index contributed by atoms with van der Waals surface area (Å²) in [6.45, 7) is 1.78. The van der Waals surface area contributed by atoms with E-state index in [1.165, 1.54) is 0 Å². The number of ether oxygens (including phenoxy) is 1. The highest BCUT2D eigenvalue weighted by molar-refractivity contribution is 9.10. The van der Waals surface area contributed by atoms with Gasteiger partial charge in [0.25, 0.3) is 5.91 Å². The number of halogens is 1. The first-order valence-electron chi connectivity index (χ1n) is 6.72. The smallest absolute Gasteiger partial charge is 0.259 e. The fraction of sp³-hybridized carbons (Fsp3) is 0.118. The molecule has 0 unspecified atom stereocenters. The molecule has 0 aliphatic carbocycles. The lowest BCUT2D eigenvalue weighted by Gasteiger charge is -2.05. The molecule has 0 atom stereocenters. The van der Waals surface area contributed by atoms with E-state index in [2.05, 4.69) is 21.2 Å². The molecule has 1 amide bonds. The Labute approximate surface area is 136 Å². The molecule has 0 aliphatic heterocycles. The zero-order chi connectivity index (χ0) is 15.7. The minimum atomic E-state index is -0.206. The van der Waals surface area contributed by atoms with Crippen molar-refractivity contribution in [3.8, 4) is 5.75 Å². The van der Waals surface area contributed by atoms with Crippen molar-refractivity contribution in [3.05, 3.63) is 58.3 Å². The van der Waals surface area contributed by atoms with Crippen molar-refractivity contribution < 1.29 is 13.9 Å². The van der Waals surface area contributed by atoms with Gasteiger partial charge in [-0.1, -0.05) is 22.0 Å². The Morgan fingerprint density at radius 3 is 2.77 bits per heavy atom. The molecule has 0 bridgehead atoms. The van der Waals surface area contributed by atoms with Crippen LogP contribution in [-0.2, 0) is 0 Å². The number of anilines is 1. The Hall–Kier alpha value is -2.27. The maximum absolute atomic E-state index is 12.6. The highest BCUT2D eigenvalue weighted by Crippen LogP contribution is 2.29. The Morgan fingerprint density at radius 2 is 2.05 bits per heavy atom. The fourth-order valence-corrected chi connectivity index (χ4v) is 2.77. The molecule has 3 aromatic rings. The predicted molar refractivity (Wildman–Crippen MR) is 89.6 cm³/mol. The van der Waals surface area contributed by atoms with Crippen LogP contribution in [0.1, 0.15) is 16.1 Å². The van der Waals surface area contributed by atoms with Crippen LogP contribution in [0.3, 0.4) is 0 Å². The molecule has 22 heavy (non-hydrogen) atoms. The van der Waals surface area contributed by atoms with Gasteiger partial charge in [0.05, 0.1) is 12.7 Å². The molecule has 0 fully saturated rings. The minimum Gasteiger partial charge on any atom is -0.497 e. The van der Waals surface area contributed by atoms with Gasteiger partial charge < -0.3 is 14.5 Å². The van der Waals surface area contributed by atoms with E-state index in [0.29, 0.717) is 22.7 Å². The number of carbonyl (C=O) groups excluding carboxylic acids is 1. The molecule has 3 rings (SSSR count). The number of furan rings is 1. The first-order valence-corrected chi connectivity index (χ1v) is 7.52. The number of amides is 1. The molecule has 1 N–H and O–H groups in total. The van der Waals surface area contributed by atoms with Crippen molar-refractivity contribution >= 4 is 38.5 Å². The molecule has 5 heteroatoms. The number of rotatable bonds is 3. The van der Waals surface area contributed by atoms with Crippen LogP contribution in [0.4, 0.5) is 5.69 Å². The Kier molecular flexibility index (Phi) is 3.90. The van der Waals surface area contributed by atoms with Crippen LogP contribution in [0.2, 0.25) is 0 Å². The highest BCUT2D eigenvalue weighted by Gasteiger charge is 2.19. The number of carbonyl (C=O) groups is 1. The molecular weight excluding hydrogens is 346 g/mol. The van der Waals surface area contributed by atoms with E-state index in [9.17, 15) is 4.79 Å². The Morgan fingerprint density at radius 1 is 1.23 bits per heavy atom. The third-order valence-corrected chi connectivity index (χ3v) is 3.87. The average Bonchev–Trinajstić information content (AvgIpc) is 2.82. The van der Waals surface area contributed by atoms with E-state index < -0.39 is 0 Å².